The third kappa shape index (κ3) is 3.07. The number of esters is 1. The van der Waals surface area contributed by atoms with E-state index in [9.17, 15) is 14.4 Å². The predicted molar refractivity (Wildman–Crippen MR) is 91.8 cm³/mol. The number of ketones is 1. The van der Waals surface area contributed by atoms with Gasteiger partial charge in [0.1, 0.15) is 6.04 Å². The molecule has 128 valence electrons. The molecule has 6 heteroatoms. The second-order valence-electron chi connectivity index (χ2n) is 6.35. The van der Waals surface area contributed by atoms with Crippen LogP contribution < -0.4 is 0 Å². The van der Waals surface area contributed by atoms with Gasteiger partial charge in [0.05, 0.1) is 4.87 Å². The molecule has 3 rings (SSSR count). The third-order valence-corrected chi connectivity index (χ3v) is 6.25. The minimum atomic E-state index is -0.578. The molecule has 1 aromatic carbocycles. The number of ether oxygens (including phenoxy) is 1. The van der Waals surface area contributed by atoms with E-state index in [2.05, 4.69) is 0 Å². The lowest BCUT2D eigenvalue weighted by Crippen LogP contribution is -2.46. The Morgan fingerprint density at radius 2 is 2.04 bits per heavy atom. The molecule has 0 bridgehead atoms. The summed E-state index contributed by atoms with van der Waals surface area (Å²) >= 11 is 1.61. The quantitative estimate of drug-likeness (QED) is 0.605. The number of carbonyl (C=O) groups is 3. The average molecular weight is 347 g/mol. The Morgan fingerprint density at radius 1 is 1.33 bits per heavy atom. The first-order valence-corrected chi connectivity index (χ1v) is 9.18. The summed E-state index contributed by atoms with van der Waals surface area (Å²) in [6.45, 7) is 3.74. The fraction of sp³-hybridized carbons (Fsp3) is 0.500. The molecule has 0 radical (unpaired) electrons. The van der Waals surface area contributed by atoms with Crippen LogP contribution in [0.3, 0.4) is 0 Å². The maximum absolute atomic E-state index is 12.3. The number of rotatable bonds is 5. The lowest BCUT2D eigenvalue weighted by molar-refractivity contribution is -0.152. The topological polar surface area (TPSA) is 63.7 Å². The van der Waals surface area contributed by atoms with Gasteiger partial charge in [0.25, 0.3) is 0 Å². The lowest BCUT2D eigenvalue weighted by Gasteiger charge is -2.29. The number of hydrogen-bond donors (Lipinski definition) is 0. The van der Waals surface area contributed by atoms with Crippen molar-refractivity contribution in [2.45, 2.75) is 44.0 Å². The van der Waals surface area contributed by atoms with E-state index in [0.717, 1.165) is 18.4 Å². The van der Waals surface area contributed by atoms with Gasteiger partial charge in [-0.15, -0.1) is 11.8 Å². The van der Waals surface area contributed by atoms with Gasteiger partial charge in [-0.2, -0.15) is 0 Å². The molecule has 2 aliphatic rings. The number of thioether (sulfide) groups is 1. The van der Waals surface area contributed by atoms with Crippen molar-refractivity contribution < 1.29 is 19.1 Å². The van der Waals surface area contributed by atoms with Crippen LogP contribution >= 0.6 is 11.8 Å². The summed E-state index contributed by atoms with van der Waals surface area (Å²) in [5.41, 5.74) is 1.68. The number of benzene rings is 1. The van der Waals surface area contributed by atoms with Crippen LogP contribution in [-0.4, -0.2) is 45.8 Å². The Labute approximate surface area is 145 Å². The van der Waals surface area contributed by atoms with Gasteiger partial charge in [0.15, 0.2) is 12.4 Å². The fourth-order valence-corrected chi connectivity index (χ4v) is 4.65. The minimum absolute atomic E-state index is 0.00840. The molecule has 0 N–H and O–H groups in total. The molecule has 24 heavy (non-hydrogen) atoms. The van der Waals surface area contributed by atoms with Crippen molar-refractivity contribution in [2.75, 3.05) is 12.4 Å². The van der Waals surface area contributed by atoms with Gasteiger partial charge in [0.2, 0.25) is 5.91 Å². The molecule has 0 aliphatic carbocycles. The number of amides is 1. The molecule has 2 aliphatic heterocycles. The van der Waals surface area contributed by atoms with E-state index in [0.29, 0.717) is 17.7 Å². The van der Waals surface area contributed by atoms with Crippen LogP contribution in [0.4, 0.5) is 0 Å². The number of Topliss-reactive ketones (excluding diaryl/α,β-unsaturated/α-hetero) is 1. The van der Waals surface area contributed by atoms with E-state index in [-0.39, 0.29) is 23.2 Å². The molecule has 0 aromatic heterocycles. The minimum Gasteiger partial charge on any atom is -0.456 e. The molecule has 0 saturated carbocycles. The predicted octanol–water partition coefficient (Wildman–Crippen LogP) is 2.43. The number of nitrogens with zero attached hydrogens (tertiary/aromatic N) is 1. The van der Waals surface area contributed by atoms with Gasteiger partial charge in [0, 0.05) is 17.7 Å². The first-order valence-electron chi connectivity index (χ1n) is 8.19. The summed E-state index contributed by atoms with van der Waals surface area (Å²) in [6, 6.07) is 6.72. The monoisotopic (exact) mass is 347 g/mol. The second kappa shape index (κ2) is 6.59. The first-order chi connectivity index (χ1) is 11.4. The fourth-order valence-electron chi connectivity index (χ4n) is 3.24. The van der Waals surface area contributed by atoms with E-state index < -0.39 is 12.0 Å². The van der Waals surface area contributed by atoms with Crippen LogP contribution in [0, 0.1) is 0 Å². The first kappa shape index (κ1) is 17.0. The van der Waals surface area contributed by atoms with Crippen LogP contribution in [0.15, 0.2) is 24.3 Å². The molecule has 0 spiro atoms. The third-order valence-electron chi connectivity index (χ3n) is 4.75. The summed E-state index contributed by atoms with van der Waals surface area (Å²) in [7, 11) is 0. The smallest absolute Gasteiger partial charge is 0.330 e. The van der Waals surface area contributed by atoms with Crippen molar-refractivity contribution in [2.24, 2.45) is 0 Å². The van der Waals surface area contributed by atoms with E-state index in [1.807, 2.05) is 26.0 Å². The van der Waals surface area contributed by atoms with E-state index in [1.165, 1.54) is 0 Å². The summed E-state index contributed by atoms with van der Waals surface area (Å²) in [5, 5.41) is 0. The summed E-state index contributed by atoms with van der Waals surface area (Å²) in [4.78, 5) is 37.9. The molecule has 2 heterocycles. The molecule has 2 atom stereocenters. The maximum Gasteiger partial charge on any atom is 0.330 e. The van der Waals surface area contributed by atoms with Crippen LogP contribution in [0.2, 0.25) is 0 Å². The molecular weight excluding hydrogens is 326 g/mol. The second-order valence-corrected chi connectivity index (χ2v) is 7.85. The van der Waals surface area contributed by atoms with Crippen LogP contribution in [0.5, 0.6) is 0 Å². The largest absolute Gasteiger partial charge is 0.456 e. The number of aryl methyl sites for hydroxylation is 1. The zero-order valence-corrected chi connectivity index (χ0v) is 14.7. The van der Waals surface area contributed by atoms with Crippen LogP contribution in [-0.2, 0) is 20.7 Å². The summed E-state index contributed by atoms with van der Waals surface area (Å²) < 4.78 is 5.20. The highest BCUT2D eigenvalue weighted by molar-refractivity contribution is 8.01. The molecule has 1 amide bonds. The highest BCUT2D eigenvalue weighted by atomic mass is 32.2. The van der Waals surface area contributed by atoms with Crippen molar-refractivity contribution in [1.29, 1.82) is 0 Å². The molecule has 1 aromatic rings. The van der Waals surface area contributed by atoms with Crippen LogP contribution in [0.25, 0.3) is 0 Å². The van der Waals surface area contributed by atoms with Gasteiger partial charge in [-0.3, -0.25) is 9.59 Å². The van der Waals surface area contributed by atoms with E-state index >= 15 is 0 Å². The van der Waals surface area contributed by atoms with Crippen molar-refractivity contribution in [3.05, 3.63) is 35.4 Å². The Kier molecular flexibility index (Phi) is 4.67. The molecule has 2 fully saturated rings. The van der Waals surface area contributed by atoms with Crippen molar-refractivity contribution in [1.82, 2.24) is 4.90 Å². The average Bonchev–Trinajstić information content (AvgIpc) is 3.09. The highest BCUT2D eigenvalue weighted by Crippen LogP contribution is 2.47. The Balaban J connectivity index is 1.59. The van der Waals surface area contributed by atoms with E-state index in [1.54, 1.807) is 28.8 Å². The van der Waals surface area contributed by atoms with Gasteiger partial charge in [-0.1, -0.05) is 31.2 Å². The number of hydrogen-bond acceptors (Lipinski definition) is 5. The van der Waals surface area contributed by atoms with Gasteiger partial charge >= 0.3 is 5.97 Å². The molecule has 0 unspecified atom stereocenters. The van der Waals surface area contributed by atoms with E-state index in [4.69, 9.17) is 4.74 Å². The van der Waals surface area contributed by atoms with Crippen molar-refractivity contribution >= 4 is 29.4 Å². The SMILES string of the molecule is CCc1ccc(C(=O)COC(=O)[C@H]2CS[C@@]3(C)CCC(=O)N23)cc1. The molecular formula is C18H21NO4S. The number of carbonyl (C=O) groups excluding carboxylic acids is 3. The summed E-state index contributed by atoms with van der Waals surface area (Å²) in [5.74, 6) is -0.196. The lowest BCUT2D eigenvalue weighted by atomic mass is 10.1. The van der Waals surface area contributed by atoms with Gasteiger partial charge in [-0.25, -0.2) is 4.79 Å². The Hall–Kier alpha value is -1.82. The zero-order valence-electron chi connectivity index (χ0n) is 13.9. The van der Waals surface area contributed by atoms with Gasteiger partial charge < -0.3 is 9.64 Å². The zero-order chi connectivity index (χ0) is 17.3. The highest BCUT2D eigenvalue weighted by Gasteiger charge is 2.53. The molecule has 5 nitrogen and oxygen atoms in total. The Morgan fingerprint density at radius 3 is 2.71 bits per heavy atom. The van der Waals surface area contributed by atoms with Gasteiger partial charge in [-0.05, 0) is 25.3 Å². The normalized spacial score (nSPS) is 25.7. The number of fused-ring (bicyclic) bond motifs is 1. The van der Waals surface area contributed by atoms with Crippen molar-refractivity contribution in [3.63, 3.8) is 0 Å². The Bertz CT molecular complexity index is 672. The molecule has 2 saturated heterocycles. The van der Waals surface area contributed by atoms with Crippen LogP contribution in [0.1, 0.15) is 42.6 Å². The summed E-state index contributed by atoms with van der Waals surface area (Å²) in [6.07, 6.45) is 2.13. The van der Waals surface area contributed by atoms with Crippen molar-refractivity contribution in [3.8, 4) is 0 Å². The standard InChI is InChI=1S/C18H21NO4S/c1-3-12-4-6-13(7-5-12)15(20)10-23-17(22)14-11-24-18(2)9-8-16(21)19(14)18/h4-7,14H,3,8-11H2,1-2H3/t14-,18+/m1/s1. The maximum atomic E-state index is 12.3.